The minimum Gasteiger partial charge on any atom is -0.293 e. The minimum absolute atomic E-state index is 0.0731. The highest BCUT2D eigenvalue weighted by Crippen LogP contribution is 2.35. The summed E-state index contributed by atoms with van der Waals surface area (Å²) in [4.78, 5) is 24.0. The van der Waals surface area contributed by atoms with Crippen molar-refractivity contribution in [3.05, 3.63) is 64.7 Å². The monoisotopic (exact) mass is 439 g/mol. The molecule has 0 spiro atoms. The number of halogens is 6. The first kappa shape index (κ1) is 22.0. The number of carbonyl (C=O) groups excluding carboxylic acids is 2. The molecule has 0 aliphatic carbocycles. The van der Waals surface area contributed by atoms with Crippen LogP contribution < -0.4 is 5.01 Å². The van der Waals surface area contributed by atoms with E-state index in [2.05, 4.69) is 5.10 Å². The lowest BCUT2D eigenvalue weighted by molar-refractivity contribution is -0.130. The summed E-state index contributed by atoms with van der Waals surface area (Å²) in [6, 6.07) is 8.51. The Kier molecular flexibility index (Phi) is 6.10. The summed E-state index contributed by atoms with van der Waals surface area (Å²) in [6.07, 6.45) is -4.78. The van der Waals surface area contributed by atoms with Gasteiger partial charge >= 0.3 is 0 Å². The molecule has 0 aromatic heterocycles. The van der Waals surface area contributed by atoms with E-state index in [4.69, 9.17) is 5.26 Å². The lowest BCUT2D eigenvalue weighted by Gasteiger charge is -2.29. The fourth-order valence-corrected chi connectivity index (χ4v) is 3.12. The second kappa shape index (κ2) is 8.59. The Labute approximate surface area is 171 Å². The maximum atomic E-state index is 14.4. The van der Waals surface area contributed by atoms with Gasteiger partial charge in [-0.3, -0.25) is 9.59 Å². The second-order valence-corrected chi connectivity index (χ2v) is 6.52. The first-order chi connectivity index (χ1) is 14.7. The van der Waals surface area contributed by atoms with Gasteiger partial charge in [0.1, 0.15) is 17.3 Å². The normalized spacial score (nSPS) is 16.3. The third kappa shape index (κ3) is 4.01. The Hall–Kier alpha value is -3.68. The van der Waals surface area contributed by atoms with Crippen molar-refractivity contribution in [2.45, 2.75) is 19.3 Å². The Morgan fingerprint density at radius 3 is 2.19 bits per heavy atom. The van der Waals surface area contributed by atoms with Crippen LogP contribution in [0.5, 0.6) is 0 Å². The van der Waals surface area contributed by atoms with Crippen molar-refractivity contribution in [1.82, 2.24) is 0 Å². The van der Waals surface area contributed by atoms with Gasteiger partial charge in [0.15, 0.2) is 29.1 Å². The topological polar surface area (TPSA) is 73.5 Å². The van der Waals surface area contributed by atoms with Gasteiger partial charge in [-0.05, 0) is 5.56 Å². The van der Waals surface area contributed by atoms with Crippen molar-refractivity contribution in [3.8, 4) is 6.07 Å². The average molecular weight is 439 g/mol. The van der Waals surface area contributed by atoms with Crippen LogP contribution in [0.2, 0.25) is 0 Å². The van der Waals surface area contributed by atoms with Crippen molar-refractivity contribution in [2.75, 3.05) is 5.01 Å². The number of nitriles is 1. The molecule has 1 atom stereocenters. The molecule has 0 radical (unpaired) electrons. The van der Waals surface area contributed by atoms with Crippen molar-refractivity contribution in [3.63, 3.8) is 0 Å². The van der Waals surface area contributed by atoms with Gasteiger partial charge in [0.2, 0.25) is 5.91 Å². The zero-order valence-corrected chi connectivity index (χ0v) is 15.4. The van der Waals surface area contributed by atoms with E-state index in [-0.39, 0.29) is 16.3 Å². The summed E-state index contributed by atoms with van der Waals surface area (Å²) in [7, 11) is 0. The first-order valence-corrected chi connectivity index (χ1v) is 8.71. The molecule has 1 heterocycles. The summed E-state index contributed by atoms with van der Waals surface area (Å²) >= 11 is 0. The number of alkyl halides is 2. The number of nitrogens with zero attached hydrogens (tertiary/aromatic N) is 3. The zero-order chi connectivity index (χ0) is 22.9. The van der Waals surface area contributed by atoms with Crippen LogP contribution in [0.3, 0.4) is 0 Å². The van der Waals surface area contributed by atoms with Gasteiger partial charge in [0, 0.05) is 18.8 Å². The van der Waals surface area contributed by atoms with Crippen LogP contribution in [0, 0.1) is 40.5 Å². The fraction of sp³-hybridized carbons (Fsp3) is 0.200. The second-order valence-electron chi connectivity index (χ2n) is 6.52. The number of amides is 1. The van der Waals surface area contributed by atoms with Gasteiger partial charge in [-0.2, -0.15) is 15.4 Å². The van der Waals surface area contributed by atoms with Crippen molar-refractivity contribution in [2.24, 2.45) is 11.0 Å². The Bertz CT molecular complexity index is 1100. The highest BCUT2D eigenvalue weighted by molar-refractivity contribution is 6.11. The molecular formula is C20H11F6N3O2. The molecular weight excluding hydrogens is 428 g/mol. The van der Waals surface area contributed by atoms with E-state index in [1.165, 1.54) is 24.3 Å². The van der Waals surface area contributed by atoms with Gasteiger partial charge in [-0.15, -0.1) is 0 Å². The molecule has 0 fully saturated rings. The molecule has 2 aromatic rings. The van der Waals surface area contributed by atoms with Gasteiger partial charge in [-0.25, -0.2) is 26.3 Å². The van der Waals surface area contributed by atoms with Gasteiger partial charge in [0.25, 0.3) is 6.43 Å². The molecule has 5 nitrogen and oxygen atoms in total. The highest BCUT2D eigenvalue weighted by Gasteiger charge is 2.38. The number of hydrogen-bond donors (Lipinski definition) is 0. The quantitative estimate of drug-likeness (QED) is 0.520. The zero-order valence-electron chi connectivity index (χ0n) is 15.4. The molecule has 1 aliphatic heterocycles. The van der Waals surface area contributed by atoms with Crippen LogP contribution in [0.15, 0.2) is 35.4 Å². The van der Waals surface area contributed by atoms with Crippen molar-refractivity contribution >= 4 is 23.1 Å². The fourth-order valence-electron chi connectivity index (χ4n) is 3.12. The van der Waals surface area contributed by atoms with E-state index < -0.39 is 71.4 Å². The van der Waals surface area contributed by atoms with Crippen LogP contribution in [0.1, 0.15) is 24.0 Å². The molecule has 3 rings (SSSR count). The number of hydrogen-bond acceptors (Lipinski definition) is 4. The van der Waals surface area contributed by atoms with E-state index in [1.807, 2.05) is 0 Å². The van der Waals surface area contributed by atoms with Gasteiger partial charge in [0.05, 0.1) is 5.71 Å². The van der Waals surface area contributed by atoms with E-state index in [0.29, 0.717) is 0 Å². The molecule has 1 amide bonds. The smallest absolute Gasteiger partial charge is 0.293 e. The predicted molar refractivity (Wildman–Crippen MR) is 95.2 cm³/mol. The lowest BCUT2D eigenvalue weighted by Crippen LogP contribution is -2.39. The minimum atomic E-state index is -3.30. The lowest BCUT2D eigenvalue weighted by atomic mass is 9.87. The van der Waals surface area contributed by atoms with Crippen molar-refractivity contribution < 1.29 is 35.9 Å². The van der Waals surface area contributed by atoms with E-state index in [1.54, 1.807) is 6.07 Å². The number of Topliss-reactive ketones (excluding diaryl/α,β-unsaturated/α-hetero) is 1. The summed E-state index contributed by atoms with van der Waals surface area (Å²) in [5, 5.41) is 12.5. The number of ketones is 1. The van der Waals surface area contributed by atoms with Gasteiger partial charge in [-0.1, -0.05) is 30.3 Å². The molecule has 1 unspecified atom stereocenters. The maximum Gasteiger partial charge on any atom is 0.296 e. The number of rotatable bonds is 5. The molecule has 11 heteroatoms. The number of hydrazone groups is 1. The van der Waals surface area contributed by atoms with Gasteiger partial charge < -0.3 is 0 Å². The molecule has 0 saturated heterocycles. The molecule has 0 saturated carbocycles. The van der Waals surface area contributed by atoms with E-state index in [0.717, 1.165) is 6.07 Å². The van der Waals surface area contributed by atoms with Crippen LogP contribution >= 0.6 is 0 Å². The number of anilines is 1. The third-order valence-electron chi connectivity index (χ3n) is 4.58. The number of carbonyl (C=O) groups is 2. The summed E-state index contributed by atoms with van der Waals surface area (Å²) < 4.78 is 82.4. The molecule has 2 aromatic carbocycles. The van der Waals surface area contributed by atoms with Crippen LogP contribution in [0.4, 0.5) is 32.0 Å². The van der Waals surface area contributed by atoms with Crippen LogP contribution in [0.25, 0.3) is 0 Å². The van der Waals surface area contributed by atoms with Crippen molar-refractivity contribution in [1.29, 1.82) is 5.26 Å². The SMILES string of the molecule is N#Cc1c(F)c(F)c(N2N=C(c3ccccc3)C(CC(=O)C(F)F)CC2=O)c(F)c1F. The maximum absolute atomic E-state index is 14.4. The first-order valence-electron chi connectivity index (χ1n) is 8.71. The van der Waals surface area contributed by atoms with E-state index in [9.17, 15) is 35.9 Å². The number of benzene rings is 2. The molecule has 1 aliphatic rings. The summed E-state index contributed by atoms with van der Waals surface area (Å²) in [5.41, 5.74) is -2.93. The summed E-state index contributed by atoms with van der Waals surface area (Å²) in [6.45, 7) is 0. The predicted octanol–water partition coefficient (Wildman–Crippen LogP) is 4.10. The van der Waals surface area contributed by atoms with Crippen LogP contribution in [-0.2, 0) is 9.59 Å². The Morgan fingerprint density at radius 1 is 1.10 bits per heavy atom. The molecule has 0 bridgehead atoms. The van der Waals surface area contributed by atoms with E-state index >= 15 is 0 Å². The average Bonchev–Trinajstić information content (AvgIpc) is 2.74. The highest BCUT2D eigenvalue weighted by atomic mass is 19.3. The Morgan fingerprint density at radius 2 is 1.68 bits per heavy atom. The molecule has 31 heavy (non-hydrogen) atoms. The molecule has 160 valence electrons. The Balaban J connectivity index is 2.18. The molecule has 0 N–H and O–H groups in total. The van der Waals surface area contributed by atoms with Crippen LogP contribution in [-0.4, -0.2) is 23.8 Å². The third-order valence-corrected chi connectivity index (χ3v) is 4.58. The largest absolute Gasteiger partial charge is 0.296 e. The standard InChI is InChI=1S/C20H11F6N3O2/c21-14-11(8-27)15(22)17(24)19(16(14)23)29-13(31)7-10(6-12(30)20(25)26)18(28-29)9-4-2-1-3-5-9/h1-5,10,20H,6-7H2. The summed E-state index contributed by atoms with van der Waals surface area (Å²) in [5.74, 6) is -11.9.